The molecule has 0 bridgehead atoms. The van der Waals surface area contributed by atoms with E-state index in [0.717, 1.165) is 12.1 Å². The van der Waals surface area contributed by atoms with Crippen LogP contribution in [0.3, 0.4) is 0 Å². The van der Waals surface area contributed by atoms with Gasteiger partial charge in [0.2, 0.25) is 0 Å². The van der Waals surface area contributed by atoms with Gasteiger partial charge in [-0.25, -0.2) is 34.4 Å². The van der Waals surface area contributed by atoms with E-state index in [-0.39, 0.29) is 17.2 Å². The van der Waals surface area contributed by atoms with Crippen molar-refractivity contribution in [2.45, 2.75) is 0 Å². The van der Waals surface area contributed by atoms with Gasteiger partial charge in [0.05, 0.1) is 12.1 Å². The van der Waals surface area contributed by atoms with Gasteiger partial charge in [0.25, 0.3) is 0 Å². The van der Waals surface area contributed by atoms with Crippen LogP contribution in [0.15, 0.2) is 48.8 Å². The third-order valence-corrected chi connectivity index (χ3v) is 3.96. The molecule has 2 aromatic heterocycles. The highest BCUT2D eigenvalue weighted by Crippen LogP contribution is 2.27. The molecular formula is C18H11F2N7. The molecule has 0 fully saturated rings. The third kappa shape index (κ3) is 2.84. The van der Waals surface area contributed by atoms with Crippen molar-refractivity contribution in [2.24, 2.45) is 5.84 Å². The summed E-state index contributed by atoms with van der Waals surface area (Å²) < 4.78 is 29.1. The van der Waals surface area contributed by atoms with Crippen LogP contribution in [0, 0.1) is 18.2 Å². The van der Waals surface area contributed by atoms with E-state index in [9.17, 15) is 8.78 Å². The standard InChI is InChI=1S/C18H11F2N7/c1-22-11-3-5-12(6-4-11)27-9-23-15-17(26-21)24-16(25-18(15)27)13-7-2-10(19)8-14(13)20/h2-9H,21H2,(H,24,25,26). The van der Waals surface area contributed by atoms with Crippen LogP contribution >= 0.6 is 0 Å². The van der Waals surface area contributed by atoms with Gasteiger partial charge in [-0.05, 0) is 24.3 Å². The minimum absolute atomic E-state index is 0.0332. The summed E-state index contributed by atoms with van der Waals surface area (Å²) >= 11 is 0. The molecule has 0 aliphatic heterocycles. The van der Waals surface area contributed by atoms with Crippen molar-refractivity contribution in [3.8, 4) is 17.1 Å². The molecule has 2 aromatic carbocycles. The molecule has 4 aromatic rings. The van der Waals surface area contributed by atoms with Gasteiger partial charge in [-0.3, -0.25) is 4.57 Å². The van der Waals surface area contributed by atoms with Crippen molar-refractivity contribution in [1.29, 1.82) is 0 Å². The number of hydrazine groups is 1. The van der Waals surface area contributed by atoms with E-state index in [2.05, 4.69) is 25.2 Å². The lowest BCUT2D eigenvalue weighted by Crippen LogP contribution is -2.11. The van der Waals surface area contributed by atoms with E-state index in [4.69, 9.17) is 12.4 Å². The SMILES string of the molecule is [C-]#[N+]c1ccc(-n2cnc3c(NN)nc(-c4ccc(F)cc4F)nc32)cc1. The zero-order chi connectivity index (χ0) is 19.0. The largest absolute Gasteiger partial charge is 0.306 e. The Bertz CT molecular complexity index is 1190. The zero-order valence-corrected chi connectivity index (χ0v) is 13.7. The fourth-order valence-corrected chi connectivity index (χ4v) is 2.67. The van der Waals surface area contributed by atoms with Gasteiger partial charge in [-0.2, -0.15) is 0 Å². The summed E-state index contributed by atoms with van der Waals surface area (Å²) in [6.07, 6.45) is 1.53. The van der Waals surface area contributed by atoms with Crippen LogP contribution in [0.2, 0.25) is 0 Å². The van der Waals surface area contributed by atoms with Gasteiger partial charge in [-0.1, -0.05) is 12.1 Å². The van der Waals surface area contributed by atoms with Crippen molar-refractivity contribution in [1.82, 2.24) is 19.5 Å². The molecule has 0 amide bonds. The Labute approximate surface area is 151 Å². The van der Waals surface area contributed by atoms with Crippen LogP contribution in [-0.4, -0.2) is 19.5 Å². The smallest absolute Gasteiger partial charge is 0.187 e. The highest BCUT2D eigenvalue weighted by molar-refractivity contribution is 5.86. The quantitative estimate of drug-likeness (QED) is 0.330. The topological polar surface area (TPSA) is 86.0 Å². The van der Waals surface area contributed by atoms with Crippen molar-refractivity contribution in [2.75, 3.05) is 5.43 Å². The summed E-state index contributed by atoms with van der Waals surface area (Å²) in [6.45, 7) is 7.03. The molecule has 0 radical (unpaired) electrons. The van der Waals surface area contributed by atoms with E-state index < -0.39 is 11.6 Å². The molecule has 4 rings (SSSR count). The molecule has 2 heterocycles. The lowest BCUT2D eigenvalue weighted by Gasteiger charge is -2.08. The number of hydrogen-bond donors (Lipinski definition) is 2. The number of aromatic nitrogens is 4. The van der Waals surface area contributed by atoms with E-state index >= 15 is 0 Å². The normalized spacial score (nSPS) is 10.7. The summed E-state index contributed by atoms with van der Waals surface area (Å²) in [7, 11) is 0. The molecule has 0 unspecified atom stereocenters. The maximum atomic E-state index is 14.2. The van der Waals surface area contributed by atoms with Gasteiger partial charge >= 0.3 is 0 Å². The predicted octanol–water partition coefficient (Wildman–Crippen LogP) is 3.60. The number of nitrogen functional groups attached to an aromatic ring is 1. The second-order valence-electron chi connectivity index (χ2n) is 5.58. The number of nitrogens with zero attached hydrogens (tertiary/aromatic N) is 5. The maximum Gasteiger partial charge on any atom is 0.187 e. The van der Waals surface area contributed by atoms with Gasteiger partial charge in [0.1, 0.15) is 18.0 Å². The maximum absolute atomic E-state index is 14.2. The predicted molar refractivity (Wildman–Crippen MR) is 96.1 cm³/mol. The van der Waals surface area contributed by atoms with Crippen molar-refractivity contribution < 1.29 is 8.78 Å². The zero-order valence-electron chi connectivity index (χ0n) is 13.7. The van der Waals surface area contributed by atoms with Gasteiger partial charge in [0.15, 0.2) is 28.5 Å². The second kappa shape index (κ2) is 6.44. The van der Waals surface area contributed by atoms with E-state index in [1.54, 1.807) is 28.8 Å². The first-order valence-corrected chi connectivity index (χ1v) is 7.75. The van der Waals surface area contributed by atoms with Crippen LogP contribution in [-0.2, 0) is 0 Å². The van der Waals surface area contributed by atoms with E-state index in [0.29, 0.717) is 22.5 Å². The summed E-state index contributed by atoms with van der Waals surface area (Å²) in [5.74, 6) is 4.29. The number of halogens is 2. The van der Waals surface area contributed by atoms with Crippen LogP contribution in [0.25, 0.3) is 33.1 Å². The summed E-state index contributed by atoms with van der Waals surface area (Å²) in [5.41, 5.74) is 4.43. The Morgan fingerprint density at radius 2 is 1.85 bits per heavy atom. The van der Waals surface area contributed by atoms with Gasteiger partial charge < -0.3 is 5.43 Å². The number of nitrogens with two attached hydrogens (primary N) is 1. The molecule has 27 heavy (non-hydrogen) atoms. The first-order chi connectivity index (χ1) is 13.1. The Morgan fingerprint density at radius 1 is 1.07 bits per heavy atom. The average Bonchev–Trinajstić information content (AvgIpc) is 3.11. The molecule has 0 aliphatic rings. The molecule has 7 nitrogen and oxygen atoms in total. The number of anilines is 1. The van der Waals surface area contributed by atoms with Crippen molar-refractivity contribution in [3.05, 3.63) is 71.8 Å². The molecule has 132 valence electrons. The number of rotatable bonds is 3. The first kappa shape index (κ1) is 16.6. The molecule has 3 N–H and O–H groups in total. The number of benzene rings is 2. The summed E-state index contributed by atoms with van der Waals surface area (Å²) in [5, 5.41) is 0. The van der Waals surface area contributed by atoms with Crippen LogP contribution in [0.5, 0.6) is 0 Å². The fourth-order valence-electron chi connectivity index (χ4n) is 2.67. The van der Waals surface area contributed by atoms with Crippen molar-refractivity contribution in [3.63, 3.8) is 0 Å². The van der Waals surface area contributed by atoms with Gasteiger partial charge in [-0.15, -0.1) is 0 Å². The number of nitrogens with one attached hydrogen (secondary N) is 1. The Balaban J connectivity index is 1.94. The second-order valence-corrected chi connectivity index (χ2v) is 5.58. The highest BCUT2D eigenvalue weighted by Gasteiger charge is 2.17. The summed E-state index contributed by atoms with van der Waals surface area (Å²) in [6, 6.07) is 9.96. The van der Waals surface area contributed by atoms with Crippen LogP contribution in [0.4, 0.5) is 20.3 Å². The summed E-state index contributed by atoms with van der Waals surface area (Å²) in [4.78, 5) is 16.2. The third-order valence-electron chi connectivity index (χ3n) is 3.96. The molecular weight excluding hydrogens is 352 g/mol. The molecule has 0 saturated carbocycles. The monoisotopic (exact) mass is 363 g/mol. The molecule has 0 atom stereocenters. The van der Waals surface area contributed by atoms with Crippen molar-refractivity contribution >= 4 is 22.7 Å². The number of fused-ring (bicyclic) bond motifs is 1. The molecule has 0 aliphatic carbocycles. The Hall–Kier alpha value is -3.90. The fraction of sp³-hybridized carbons (Fsp3) is 0. The molecule has 0 spiro atoms. The highest BCUT2D eigenvalue weighted by atomic mass is 19.1. The average molecular weight is 363 g/mol. The minimum atomic E-state index is -0.787. The number of imidazole rings is 1. The van der Waals surface area contributed by atoms with Crippen LogP contribution in [0.1, 0.15) is 0 Å². The Kier molecular flexibility index (Phi) is 3.95. The van der Waals surface area contributed by atoms with Crippen LogP contribution < -0.4 is 11.3 Å². The Morgan fingerprint density at radius 3 is 2.52 bits per heavy atom. The lowest BCUT2D eigenvalue weighted by atomic mass is 10.2. The molecule has 0 saturated heterocycles. The lowest BCUT2D eigenvalue weighted by molar-refractivity contribution is 0.585. The minimum Gasteiger partial charge on any atom is -0.306 e. The molecule has 9 heteroatoms. The van der Waals surface area contributed by atoms with E-state index in [1.807, 2.05) is 0 Å². The first-order valence-electron chi connectivity index (χ1n) is 7.75. The van der Waals surface area contributed by atoms with E-state index in [1.165, 1.54) is 12.4 Å². The van der Waals surface area contributed by atoms with Gasteiger partial charge in [0, 0.05) is 11.8 Å². The number of hydrogen-bond acceptors (Lipinski definition) is 5.